The van der Waals surface area contributed by atoms with Crippen LogP contribution in [0.2, 0.25) is 0 Å². The molecule has 0 aromatic carbocycles. The van der Waals surface area contributed by atoms with Gasteiger partial charge in [0, 0.05) is 24.0 Å². The fourth-order valence-corrected chi connectivity index (χ4v) is 2.35. The van der Waals surface area contributed by atoms with Crippen LogP contribution in [0.4, 0.5) is 20.7 Å². The van der Waals surface area contributed by atoms with Crippen LogP contribution in [0.3, 0.4) is 0 Å². The summed E-state index contributed by atoms with van der Waals surface area (Å²) in [4.78, 5) is 36.1. The van der Waals surface area contributed by atoms with Gasteiger partial charge in [0.25, 0.3) is 0 Å². The average molecular weight is 373 g/mol. The summed E-state index contributed by atoms with van der Waals surface area (Å²) in [6.45, 7) is 5.30. The Hall–Kier alpha value is -3.10. The molecule has 1 fully saturated rings. The molecule has 2 aromatic heterocycles. The molecular formula is C18H20FN5O3. The molecule has 1 aliphatic rings. The average Bonchev–Trinajstić information content (AvgIpc) is 3.31. The van der Waals surface area contributed by atoms with Crippen LogP contribution in [0.15, 0.2) is 30.9 Å². The number of alkyl halides is 1. The second kappa shape index (κ2) is 7.26. The summed E-state index contributed by atoms with van der Waals surface area (Å²) in [5, 5.41) is 5.23. The van der Waals surface area contributed by atoms with Crippen molar-refractivity contribution in [3.05, 3.63) is 30.9 Å². The van der Waals surface area contributed by atoms with Gasteiger partial charge in [0.1, 0.15) is 23.9 Å². The van der Waals surface area contributed by atoms with Gasteiger partial charge in [0.2, 0.25) is 5.91 Å². The monoisotopic (exact) mass is 373 g/mol. The summed E-state index contributed by atoms with van der Waals surface area (Å²) in [7, 11) is 0. The summed E-state index contributed by atoms with van der Waals surface area (Å²) in [5.74, 6) is -0.784. The van der Waals surface area contributed by atoms with Crippen molar-refractivity contribution in [3.63, 3.8) is 0 Å². The van der Waals surface area contributed by atoms with E-state index in [9.17, 15) is 14.0 Å². The summed E-state index contributed by atoms with van der Waals surface area (Å²) >= 11 is 0. The van der Waals surface area contributed by atoms with E-state index in [2.05, 4.69) is 25.6 Å². The first-order valence-corrected chi connectivity index (χ1v) is 8.44. The molecule has 2 atom stereocenters. The number of hydrogen-bond acceptors (Lipinski definition) is 6. The number of nitrogens with zero attached hydrogens (tertiary/aromatic N) is 3. The van der Waals surface area contributed by atoms with Crippen molar-refractivity contribution in [2.45, 2.75) is 39.0 Å². The molecule has 2 amide bonds. The Kier molecular flexibility index (Phi) is 5.02. The van der Waals surface area contributed by atoms with Gasteiger partial charge in [-0.15, -0.1) is 0 Å². The van der Waals surface area contributed by atoms with E-state index in [-0.39, 0.29) is 12.2 Å². The van der Waals surface area contributed by atoms with E-state index in [1.54, 1.807) is 26.8 Å². The van der Waals surface area contributed by atoms with Crippen molar-refractivity contribution in [2.24, 2.45) is 5.92 Å². The predicted molar refractivity (Wildman–Crippen MR) is 96.8 cm³/mol. The lowest BCUT2D eigenvalue weighted by Crippen LogP contribution is -2.27. The van der Waals surface area contributed by atoms with Crippen LogP contribution in [0.25, 0.3) is 11.3 Å². The van der Waals surface area contributed by atoms with Crippen LogP contribution in [0.1, 0.15) is 27.2 Å². The second-order valence-corrected chi connectivity index (χ2v) is 7.18. The topological polar surface area (TPSA) is 106 Å². The van der Waals surface area contributed by atoms with E-state index in [4.69, 9.17) is 4.74 Å². The van der Waals surface area contributed by atoms with E-state index < -0.39 is 29.7 Å². The van der Waals surface area contributed by atoms with Crippen LogP contribution < -0.4 is 10.6 Å². The number of carbonyl (C=O) groups excluding carboxylic acids is 2. The van der Waals surface area contributed by atoms with Gasteiger partial charge in [-0.05, 0) is 33.3 Å². The molecule has 0 bridgehead atoms. The highest BCUT2D eigenvalue weighted by Crippen LogP contribution is 2.35. The maximum Gasteiger partial charge on any atom is 0.412 e. The molecule has 2 aromatic rings. The summed E-state index contributed by atoms with van der Waals surface area (Å²) in [5.41, 5.74) is 0.769. The van der Waals surface area contributed by atoms with Crippen LogP contribution in [0.5, 0.6) is 0 Å². The minimum Gasteiger partial charge on any atom is -0.444 e. The lowest BCUT2D eigenvalue weighted by molar-refractivity contribution is -0.117. The molecule has 3 rings (SSSR count). The van der Waals surface area contributed by atoms with E-state index in [0.717, 1.165) is 0 Å². The molecular weight excluding hydrogens is 353 g/mol. The highest BCUT2D eigenvalue weighted by molar-refractivity contribution is 5.95. The lowest BCUT2D eigenvalue weighted by Gasteiger charge is -2.20. The highest BCUT2D eigenvalue weighted by atomic mass is 19.1. The number of halogens is 1. The molecule has 0 radical (unpaired) electrons. The highest BCUT2D eigenvalue weighted by Gasteiger charge is 2.43. The van der Waals surface area contributed by atoms with Gasteiger partial charge in [0.15, 0.2) is 0 Å². The number of ether oxygens (including phenoxy) is 1. The van der Waals surface area contributed by atoms with Crippen molar-refractivity contribution in [2.75, 3.05) is 10.6 Å². The molecule has 1 aliphatic carbocycles. The van der Waals surface area contributed by atoms with Gasteiger partial charge in [-0.1, -0.05) is 0 Å². The Morgan fingerprint density at radius 2 is 2.00 bits per heavy atom. The molecule has 9 heteroatoms. The minimum absolute atomic E-state index is 0.232. The third kappa shape index (κ3) is 4.96. The molecule has 1 saturated carbocycles. The Labute approximate surface area is 155 Å². The molecule has 142 valence electrons. The first kappa shape index (κ1) is 18.7. The van der Waals surface area contributed by atoms with E-state index in [1.165, 1.54) is 24.8 Å². The fourth-order valence-electron chi connectivity index (χ4n) is 2.35. The maximum atomic E-state index is 13.0. The molecule has 2 heterocycles. The van der Waals surface area contributed by atoms with Gasteiger partial charge < -0.3 is 10.1 Å². The molecule has 8 nitrogen and oxygen atoms in total. The predicted octanol–water partition coefficient (Wildman–Crippen LogP) is 3.18. The van der Waals surface area contributed by atoms with Crippen LogP contribution >= 0.6 is 0 Å². The zero-order valence-electron chi connectivity index (χ0n) is 15.2. The molecule has 0 aliphatic heterocycles. The van der Waals surface area contributed by atoms with E-state index in [0.29, 0.717) is 16.9 Å². The van der Waals surface area contributed by atoms with Crippen LogP contribution in [-0.4, -0.2) is 38.7 Å². The maximum absolute atomic E-state index is 13.0. The van der Waals surface area contributed by atoms with Crippen molar-refractivity contribution >= 4 is 23.5 Å². The van der Waals surface area contributed by atoms with Crippen LogP contribution in [-0.2, 0) is 9.53 Å². The summed E-state index contributed by atoms with van der Waals surface area (Å²) in [6.07, 6.45) is 2.86. The first-order valence-electron chi connectivity index (χ1n) is 8.44. The van der Waals surface area contributed by atoms with Crippen LogP contribution in [0, 0.1) is 5.92 Å². The van der Waals surface area contributed by atoms with Crippen molar-refractivity contribution in [1.82, 2.24) is 15.0 Å². The fraction of sp³-hybridized carbons (Fsp3) is 0.389. The molecule has 27 heavy (non-hydrogen) atoms. The molecule has 0 unspecified atom stereocenters. The third-order valence-electron chi connectivity index (χ3n) is 3.70. The first-order chi connectivity index (χ1) is 12.7. The summed E-state index contributed by atoms with van der Waals surface area (Å²) < 4.78 is 18.3. The Bertz CT molecular complexity index is 868. The lowest BCUT2D eigenvalue weighted by atomic mass is 10.1. The number of rotatable bonds is 4. The molecule has 2 N–H and O–H groups in total. The Morgan fingerprint density at radius 1 is 1.26 bits per heavy atom. The third-order valence-corrected chi connectivity index (χ3v) is 3.70. The van der Waals surface area contributed by atoms with Gasteiger partial charge in [0.05, 0.1) is 17.3 Å². The zero-order chi connectivity index (χ0) is 19.6. The van der Waals surface area contributed by atoms with Gasteiger partial charge in [-0.2, -0.15) is 0 Å². The Balaban J connectivity index is 1.79. The quantitative estimate of drug-likeness (QED) is 0.853. The second-order valence-electron chi connectivity index (χ2n) is 7.18. The SMILES string of the molecule is CC(C)(C)OC(=O)Nc1ccncc1-c1cc(NC(=O)[C@H]2C[C@H]2F)ncn1. The normalized spacial score (nSPS) is 18.5. The zero-order valence-corrected chi connectivity index (χ0v) is 15.2. The van der Waals surface area contributed by atoms with Crippen molar-refractivity contribution in [3.8, 4) is 11.3 Å². The standard InChI is InChI=1S/C18H20FN5O3/c1-18(2,3)27-17(26)23-13-4-5-20-8-11(13)14-7-15(22-9-21-14)24-16(25)10-6-12(10)19/h4-5,7-10,12H,6H2,1-3H3,(H,20,23,26)(H,21,22,24,25)/t10-,12+/m0/s1. The van der Waals surface area contributed by atoms with E-state index >= 15 is 0 Å². The number of nitrogens with one attached hydrogen (secondary N) is 2. The molecule has 0 saturated heterocycles. The van der Waals surface area contributed by atoms with Crippen molar-refractivity contribution < 1.29 is 18.7 Å². The number of anilines is 2. The van der Waals surface area contributed by atoms with Gasteiger partial charge in [-0.25, -0.2) is 19.2 Å². The van der Waals surface area contributed by atoms with Gasteiger partial charge in [-0.3, -0.25) is 15.1 Å². The minimum atomic E-state index is -1.09. The Morgan fingerprint density at radius 3 is 2.67 bits per heavy atom. The summed E-state index contributed by atoms with van der Waals surface area (Å²) in [6, 6.07) is 3.14. The van der Waals surface area contributed by atoms with Crippen molar-refractivity contribution in [1.29, 1.82) is 0 Å². The number of aromatic nitrogens is 3. The van der Waals surface area contributed by atoms with Gasteiger partial charge >= 0.3 is 6.09 Å². The number of pyridine rings is 1. The number of carbonyl (C=O) groups is 2. The number of hydrogen-bond donors (Lipinski definition) is 2. The number of amides is 2. The van der Waals surface area contributed by atoms with E-state index in [1.807, 2.05) is 0 Å². The molecule has 0 spiro atoms. The smallest absolute Gasteiger partial charge is 0.412 e. The largest absolute Gasteiger partial charge is 0.444 e.